The molecule has 1 aliphatic rings. The summed E-state index contributed by atoms with van der Waals surface area (Å²) in [5.41, 5.74) is 5.37. The zero-order valence-corrected chi connectivity index (χ0v) is 10.1. The van der Waals surface area contributed by atoms with E-state index in [2.05, 4.69) is 0 Å². The SMILES string of the molecule is CC(O)C1CCN(S(=O)(=O)C(C)CN)C1. The van der Waals surface area contributed by atoms with Gasteiger partial charge in [-0.05, 0) is 26.2 Å². The molecule has 1 rings (SSSR count). The molecule has 1 heterocycles. The Morgan fingerprint density at radius 2 is 2.13 bits per heavy atom. The molecule has 0 amide bonds. The molecule has 15 heavy (non-hydrogen) atoms. The van der Waals surface area contributed by atoms with Crippen molar-refractivity contribution in [2.24, 2.45) is 11.7 Å². The maximum absolute atomic E-state index is 11.9. The summed E-state index contributed by atoms with van der Waals surface area (Å²) in [7, 11) is -3.26. The Hall–Kier alpha value is -0.170. The maximum Gasteiger partial charge on any atom is 0.217 e. The lowest BCUT2D eigenvalue weighted by Gasteiger charge is -2.21. The van der Waals surface area contributed by atoms with E-state index in [0.717, 1.165) is 6.42 Å². The van der Waals surface area contributed by atoms with Gasteiger partial charge in [0.1, 0.15) is 0 Å². The molecule has 1 saturated heterocycles. The van der Waals surface area contributed by atoms with Crippen molar-refractivity contribution in [2.75, 3.05) is 19.6 Å². The molecular weight excluding hydrogens is 216 g/mol. The summed E-state index contributed by atoms with van der Waals surface area (Å²) >= 11 is 0. The molecule has 90 valence electrons. The van der Waals surface area contributed by atoms with E-state index in [-0.39, 0.29) is 12.5 Å². The molecule has 0 aromatic rings. The number of hydrogen-bond donors (Lipinski definition) is 2. The number of hydrogen-bond acceptors (Lipinski definition) is 4. The van der Waals surface area contributed by atoms with E-state index < -0.39 is 21.4 Å². The average Bonchev–Trinajstić information content (AvgIpc) is 2.65. The monoisotopic (exact) mass is 236 g/mol. The highest BCUT2D eigenvalue weighted by atomic mass is 32.2. The van der Waals surface area contributed by atoms with Gasteiger partial charge in [0.2, 0.25) is 10.0 Å². The third-order valence-corrected chi connectivity index (χ3v) is 5.33. The first-order chi connectivity index (χ1) is 6.89. The van der Waals surface area contributed by atoms with Gasteiger partial charge in [0.05, 0.1) is 11.4 Å². The van der Waals surface area contributed by atoms with Crippen LogP contribution in [0.3, 0.4) is 0 Å². The van der Waals surface area contributed by atoms with E-state index in [1.165, 1.54) is 4.31 Å². The van der Waals surface area contributed by atoms with Crippen LogP contribution in [0.25, 0.3) is 0 Å². The Morgan fingerprint density at radius 3 is 2.53 bits per heavy atom. The summed E-state index contributed by atoms with van der Waals surface area (Å²) in [6.07, 6.45) is 0.284. The second-order valence-electron chi connectivity index (χ2n) is 4.24. The van der Waals surface area contributed by atoms with Crippen molar-refractivity contribution < 1.29 is 13.5 Å². The topological polar surface area (TPSA) is 83.6 Å². The number of nitrogens with zero attached hydrogens (tertiary/aromatic N) is 1. The van der Waals surface area contributed by atoms with Crippen molar-refractivity contribution in [3.8, 4) is 0 Å². The standard InChI is InChI=1S/C9H20N2O3S/c1-7(5-10)15(13,14)11-4-3-9(6-11)8(2)12/h7-9,12H,3-6,10H2,1-2H3. The molecule has 0 aromatic carbocycles. The summed E-state index contributed by atoms with van der Waals surface area (Å²) in [5.74, 6) is 0.0600. The van der Waals surface area contributed by atoms with Gasteiger partial charge >= 0.3 is 0 Å². The van der Waals surface area contributed by atoms with Crippen LogP contribution in [0.1, 0.15) is 20.3 Å². The fraction of sp³-hybridized carbons (Fsp3) is 1.00. The summed E-state index contributed by atoms with van der Waals surface area (Å²) in [6.45, 7) is 4.38. The Morgan fingerprint density at radius 1 is 1.53 bits per heavy atom. The molecule has 0 aromatic heterocycles. The van der Waals surface area contributed by atoms with Gasteiger partial charge in [0.25, 0.3) is 0 Å². The van der Waals surface area contributed by atoms with Crippen LogP contribution in [0.15, 0.2) is 0 Å². The largest absolute Gasteiger partial charge is 0.393 e. The van der Waals surface area contributed by atoms with Crippen LogP contribution in [0.2, 0.25) is 0 Å². The molecule has 1 aliphatic heterocycles. The van der Waals surface area contributed by atoms with E-state index in [4.69, 9.17) is 5.73 Å². The van der Waals surface area contributed by atoms with Gasteiger partial charge in [0, 0.05) is 19.6 Å². The minimum atomic E-state index is -3.26. The molecule has 0 radical (unpaired) electrons. The molecule has 5 nitrogen and oxygen atoms in total. The zero-order valence-electron chi connectivity index (χ0n) is 9.26. The first kappa shape index (κ1) is 12.9. The van der Waals surface area contributed by atoms with Crippen LogP contribution in [0.5, 0.6) is 0 Å². The molecule has 3 N–H and O–H groups in total. The Kier molecular flexibility index (Phi) is 4.11. The van der Waals surface area contributed by atoms with Gasteiger partial charge in [0.15, 0.2) is 0 Å². The highest BCUT2D eigenvalue weighted by molar-refractivity contribution is 7.89. The second-order valence-corrected chi connectivity index (χ2v) is 6.59. The predicted molar refractivity (Wildman–Crippen MR) is 58.8 cm³/mol. The molecule has 0 bridgehead atoms. The minimum absolute atomic E-state index is 0.0600. The molecular formula is C9H20N2O3S. The molecule has 6 heteroatoms. The molecule has 3 atom stereocenters. The Bertz CT molecular complexity index is 302. The molecule has 0 spiro atoms. The van der Waals surface area contributed by atoms with Crippen LogP contribution in [-0.2, 0) is 10.0 Å². The summed E-state index contributed by atoms with van der Waals surface area (Å²) in [6, 6.07) is 0. The average molecular weight is 236 g/mol. The number of aliphatic hydroxyl groups is 1. The lowest BCUT2D eigenvalue weighted by Crippen LogP contribution is -2.40. The van der Waals surface area contributed by atoms with E-state index in [1.807, 2.05) is 0 Å². The van der Waals surface area contributed by atoms with Crippen LogP contribution in [-0.4, -0.2) is 48.8 Å². The molecule has 1 fully saturated rings. The Labute approximate surface area is 91.3 Å². The summed E-state index contributed by atoms with van der Waals surface area (Å²) in [4.78, 5) is 0. The molecule has 3 unspecified atom stereocenters. The number of nitrogens with two attached hydrogens (primary N) is 1. The van der Waals surface area contributed by atoms with Crippen molar-refractivity contribution in [2.45, 2.75) is 31.6 Å². The maximum atomic E-state index is 11.9. The number of sulfonamides is 1. The van der Waals surface area contributed by atoms with E-state index in [0.29, 0.717) is 13.1 Å². The van der Waals surface area contributed by atoms with Crippen LogP contribution in [0.4, 0.5) is 0 Å². The van der Waals surface area contributed by atoms with Crippen LogP contribution >= 0.6 is 0 Å². The van der Waals surface area contributed by atoms with Gasteiger partial charge < -0.3 is 10.8 Å². The van der Waals surface area contributed by atoms with Gasteiger partial charge in [-0.2, -0.15) is 0 Å². The normalized spacial score (nSPS) is 27.9. The highest BCUT2D eigenvalue weighted by Crippen LogP contribution is 2.23. The van der Waals surface area contributed by atoms with Gasteiger partial charge in [-0.3, -0.25) is 0 Å². The number of aliphatic hydroxyl groups excluding tert-OH is 1. The quantitative estimate of drug-likeness (QED) is 0.680. The minimum Gasteiger partial charge on any atom is -0.393 e. The van der Waals surface area contributed by atoms with Crippen molar-refractivity contribution in [3.05, 3.63) is 0 Å². The number of rotatable bonds is 4. The van der Waals surface area contributed by atoms with Gasteiger partial charge in [-0.1, -0.05) is 0 Å². The first-order valence-electron chi connectivity index (χ1n) is 5.26. The zero-order chi connectivity index (χ0) is 11.6. The fourth-order valence-corrected chi connectivity index (χ4v) is 3.27. The Balaban J connectivity index is 2.68. The third-order valence-electron chi connectivity index (χ3n) is 3.07. The van der Waals surface area contributed by atoms with Gasteiger partial charge in [-0.25, -0.2) is 12.7 Å². The third kappa shape index (κ3) is 2.69. The van der Waals surface area contributed by atoms with E-state index >= 15 is 0 Å². The van der Waals surface area contributed by atoms with Crippen molar-refractivity contribution in [1.29, 1.82) is 0 Å². The van der Waals surface area contributed by atoms with Crippen LogP contribution < -0.4 is 5.73 Å². The van der Waals surface area contributed by atoms with Crippen molar-refractivity contribution >= 4 is 10.0 Å². The van der Waals surface area contributed by atoms with E-state index in [1.54, 1.807) is 13.8 Å². The van der Waals surface area contributed by atoms with Crippen molar-refractivity contribution in [3.63, 3.8) is 0 Å². The summed E-state index contributed by atoms with van der Waals surface area (Å²) < 4.78 is 25.2. The van der Waals surface area contributed by atoms with Crippen LogP contribution in [0, 0.1) is 5.92 Å². The lowest BCUT2D eigenvalue weighted by molar-refractivity contribution is 0.133. The molecule has 0 saturated carbocycles. The van der Waals surface area contributed by atoms with Gasteiger partial charge in [-0.15, -0.1) is 0 Å². The molecule has 0 aliphatic carbocycles. The fourth-order valence-electron chi connectivity index (χ4n) is 1.75. The van der Waals surface area contributed by atoms with Crippen molar-refractivity contribution in [1.82, 2.24) is 4.31 Å². The predicted octanol–water partition coefficient (Wildman–Crippen LogP) is -0.634. The lowest BCUT2D eigenvalue weighted by atomic mass is 10.0. The first-order valence-corrected chi connectivity index (χ1v) is 6.77. The highest BCUT2D eigenvalue weighted by Gasteiger charge is 2.35. The summed E-state index contributed by atoms with van der Waals surface area (Å²) in [5, 5.41) is 8.85. The second kappa shape index (κ2) is 4.78. The smallest absolute Gasteiger partial charge is 0.217 e. The van der Waals surface area contributed by atoms with E-state index in [9.17, 15) is 13.5 Å².